The summed E-state index contributed by atoms with van der Waals surface area (Å²) >= 11 is 0. The van der Waals surface area contributed by atoms with Crippen LogP contribution in [0.1, 0.15) is 17.5 Å². The van der Waals surface area contributed by atoms with Crippen LogP contribution in [0.5, 0.6) is 5.75 Å². The van der Waals surface area contributed by atoms with Crippen LogP contribution in [0.4, 0.5) is 24.5 Å². The number of amides is 3. The number of rotatable bonds is 8. The molecule has 1 heterocycles. The molecule has 0 radical (unpaired) electrons. The van der Waals surface area contributed by atoms with E-state index >= 15 is 0 Å². The van der Waals surface area contributed by atoms with E-state index in [-0.39, 0.29) is 30.5 Å². The molecule has 3 aromatic rings. The molecule has 1 saturated heterocycles. The van der Waals surface area contributed by atoms with Crippen molar-refractivity contribution in [1.82, 2.24) is 5.43 Å². The minimum Gasteiger partial charge on any atom is -0.484 e. The van der Waals surface area contributed by atoms with Gasteiger partial charge in [0, 0.05) is 24.3 Å². The van der Waals surface area contributed by atoms with Crippen molar-refractivity contribution >= 4 is 35.3 Å². The molecule has 8 nitrogen and oxygen atoms in total. The highest BCUT2D eigenvalue weighted by molar-refractivity contribution is 6.00. The number of halogens is 3. The number of para-hydroxylation sites is 1. The summed E-state index contributed by atoms with van der Waals surface area (Å²) in [5.41, 5.74) is 2.98. The van der Waals surface area contributed by atoms with Gasteiger partial charge in [-0.2, -0.15) is 18.3 Å². The molecule has 1 aliphatic rings. The standard InChI is InChI=1S/C27H23F3N4O4/c28-27(29,30)20-5-4-6-21(14-20)32-24(35)17-38-23-11-9-18(10-12-23)15-31-33-26(37)19-13-25(36)34(16-19)22-7-2-1-3-8-22/h1-12,14-15,19H,13,16-17H2,(H,32,35)(H,33,37)/b31-15-/t19-/m0/s1. The predicted molar refractivity (Wildman–Crippen MR) is 135 cm³/mol. The molecule has 1 fully saturated rings. The fourth-order valence-electron chi connectivity index (χ4n) is 3.77. The maximum Gasteiger partial charge on any atom is 0.416 e. The summed E-state index contributed by atoms with van der Waals surface area (Å²) in [5, 5.41) is 6.31. The van der Waals surface area contributed by atoms with Crippen LogP contribution >= 0.6 is 0 Å². The molecule has 1 aliphatic heterocycles. The van der Waals surface area contributed by atoms with Crippen molar-refractivity contribution in [3.63, 3.8) is 0 Å². The SMILES string of the molecule is O=C(COc1ccc(/C=N\NC(=O)[C@H]2CC(=O)N(c3ccccc3)C2)cc1)Nc1cccc(C(F)(F)F)c1. The van der Waals surface area contributed by atoms with Crippen LogP contribution in [-0.2, 0) is 20.6 Å². The Kier molecular flexibility index (Phi) is 8.05. The molecule has 0 bridgehead atoms. The van der Waals surface area contributed by atoms with Crippen molar-refractivity contribution in [3.05, 3.63) is 90.0 Å². The second-order valence-corrected chi connectivity index (χ2v) is 8.46. The van der Waals surface area contributed by atoms with Gasteiger partial charge in [-0.1, -0.05) is 24.3 Å². The number of hydrogen-bond donors (Lipinski definition) is 2. The van der Waals surface area contributed by atoms with Gasteiger partial charge in [-0.05, 0) is 60.2 Å². The van der Waals surface area contributed by atoms with Crippen molar-refractivity contribution in [1.29, 1.82) is 0 Å². The molecule has 11 heteroatoms. The first kappa shape index (κ1) is 26.4. The highest BCUT2D eigenvalue weighted by Crippen LogP contribution is 2.30. The highest BCUT2D eigenvalue weighted by atomic mass is 19.4. The van der Waals surface area contributed by atoms with E-state index in [0.29, 0.717) is 11.3 Å². The van der Waals surface area contributed by atoms with Gasteiger partial charge in [-0.3, -0.25) is 14.4 Å². The second kappa shape index (κ2) is 11.6. The molecular formula is C27H23F3N4O4. The number of benzene rings is 3. The number of nitrogens with zero attached hydrogens (tertiary/aromatic N) is 2. The largest absolute Gasteiger partial charge is 0.484 e. The van der Waals surface area contributed by atoms with Crippen molar-refractivity contribution in [2.75, 3.05) is 23.4 Å². The van der Waals surface area contributed by atoms with E-state index in [1.54, 1.807) is 29.2 Å². The van der Waals surface area contributed by atoms with E-state index < -0.39 is 30.2 Å². The summed E-state index contributed by atoms with van der Waals surface area (Å²) in [6.07, 6.45) is -2.98. The molecule has 196 valence electrons. The number of carbonyl (C=O) groups excluding carboxylic acids is 3. The zero-order chi connectivity index (χ0) is 27.1. The van der Waals surface area contributed by atoms with Gasteiger partial charge in [0.15, 0.2) is 6.61 Å². The summed E-state index contributed by atoms with van der Waals surface area (Å²) in [4.78, 5) is 38.3. The number of anilines is 2. The number of hydrazone groups is 1. The first-order valence-electron chi connectivity index (χ1n) is 11.6. The number of carbonyl (C=O) groups is 3. The first-order chi connectivity index (χ1) is 18.2. The van der Waals surface area contributed by atoms with E-state index in [2.05, 4.69) is 15.8 Å². The van der Waals surface area contributed by atoms with Gasteiger partial charge >= 0.3 is 6.18 Å². The molecule has 0 saturated carbocycles. The van der Waals surface area contributed by atoms with E-state index in [9.17, 15) is 27.6 Å². The summed E-state index contributed by atoms with van der Waals surface area (Å²) in [6.45, 7) is -0.128. The molecule has 3 amide bonds. The van der Waals surface area contributed by atoms with E-state index in [1.807, 2.05) is 30.3 Å². The van der Waals surface area contributed by atoms with Crippen LogP contribution in [0.15, 0.2) is 84.0 Å². The average Bonchev–Trinajstić information content (AvgIpc) is 3.30. The maximum absolute atomic E-state index is 12.8. The van der Waals surface area contributed by atoms with E-state index in [4.69, 9.17) is 4.74 Å². The van der Waals surface area contributed by atoms with E-state index in [0.717, 1.165) is 17.8 Å². The smallest absolute Gasteiger partial charge is 0.416 e. The molecular weight excluding hydrogens is 501 g/mol. The minimum absolute atomic E-state index is 0.0109. The highest BCUT2D eigenvalue weighted by Gasteiger charge is 2.35. The third-order valence-corrected chi connectivity index (χ3v) is 5.68. The third-order valence-electron chi connectivity index (χ3n) is 5.68. The van der Waals surface area contributed by atoms with Crippen LogP contribution in [0.3, 0.4) is 0 Å². The monoisotopic (exact) mass is 524 g/mol. The van der Waals surface area contributed by atoms with Gasteiger partial charge < -0.3 is 15.0 Å². The first-order valence-corrected chi connectivity index (χ1v) is 11.6. The van der Waals surface area contributed by atoms with Crippen LogP contribution in [0.2, 0.25) is 0 Å². The normalized spacial score (nSPS) is 15.5. The Balaban J connectivity index is 1.22. The lowest BCUT2D eigenvalue weighted by molar-refractivity contribution is -0.137. The fraction of sp³-hybridized carbons (Fsp3) is 0.185. The van der Waals surface area contributed by atoms with Gasteiger partial charge in [-0.25, -0.2) is 5.43 Å². The Morgan fingerprint density at radius 2 is 1.76 bits per heavy atom. The zero-order valence-electron chi connectivity index (χ0n) is 19.9. The lowest BCUT2D eigenvalue weighted by Crippen LogP contribution is -2.30. The van der Waals surface area contributed by atoms with Crippen molar-refractivity contribution in [2.45, 2.75) is 12.6 Å². The lowest BCUT2D eigenvalue weighted by Gasteiger charge is -2.16. The Bertz CT molecular complexity index is 1330. The molecule has 3 aromatic carbocycles. The predicted octanol–water partition coefficient (Wildman–Crippen LogP) is 4.23. The average molecular weight is 524 g/mol. The second-order valence-electron chi connectivity index (χ2n) is 8.46. The molecule has 0 aromatic heterocycles. The summed E-state index contributed by atoms with van der Waals surface area (Å²) < 4.78 is 43.8. The van der Waals surface area contributed by atoms with Crippen molar-refractivity contribution in [3.8, 4) is 5.75 Å². The van der Waals surface area contributed by atoms with Crippen LogP contribution in [-0.4, -0.2) is 37.1 Å². The summed E-state index contributed by atoms with van der Waals surface area (Å²) in [6, 6.07) is 19.9. The lowest BCUT2D eigenvalue weighted by atomic mass is 10.1. The van der Waals surface area contributed by atoms with Crippen molar-refractivity contribution < 1.29 is 32.3 Å². The Hall–Kier alpha value is -4.67. The molecule has 0 aliphatic carbocycles. The molecule has 2 N–H and O–H groups in total. The topological polar surface area (TPSA) is 100 Å². The zero-order valence-corrected chi connectivity index (χ0v) is 19.9. The van der Waals surface area contributed by atoms with Gasteiger partial charge in [0.1, 0.15) is 5.75 Å². The fourth-order valence-corrected chi connectivity index (χ4v) is 3.77. The molecule has 0 unspecified atom stereocenters. The van der Waals surface area contributed by atoms with Crippen LogP contribution in [0.25, 0.3) is 0 Å². The molecule has 1 atom stereocenters. The van der Waals surface area contributed by atoms with Gasteiger partial charge in [-0.15, -0.1) is 0 Å². The number of alkyl halides is 3. The third kappa shape index (κ3) is 6.96. The number of ether oxygens (including phenoxy) is 1. The van der Waals surface area contributed by atoms with Crippen molar-refractivity contribution in [2.24, 2.45) is 11.0 Å². The van der Waals surface area contributed by atoms with Crippen LogP contribution < -0.4 is 20.4 Å². The van der Waals surface area contributed by atoms with Gasteiger partial charge in [0.25, 0.3) is 5.91 Å². The van der Waals surface area contributed by atoms with E-state index in [1.165, 1.54) is 18.3 Å². The summed E-state index contributed by atoms with van der Waals surface area (Å²) in [7, 11) is 0. The molecule has 0 spiro atoms. The van der Waals surface area contributed by atoms with Gasteiger partial charge in [0.2, 0.25) is 11.8 Å². The maximum atomic E-state index is 12.8. The van der Waals surface area contributed by atoms with Crippen LogP contribution in [0, 0.1) is 5.92 Å². The van der Waals surface area contributed by atoms with Gasteiger partial charge in [0.05, 0.1) is 17.7 Å². The Labute approximate surface area is 216 Å². The Morgan fingerprint density at radius 3 is 2.47 bits per heavy atom. The quantitative estimate of drug-likeness (QED) is 0.340. The number of nitrogens with one attached hydrogen (secondary N) is 2. The number of hydrogen-bond acceptors (Lipinski definition) is 5. The summed E-state index contributed by atoms with van der Waals surface area (Å²) in [5.74, 6) is -1.26. The minimum atomic E-state index is -4.51. The molecule has 4 rings (SSSR count). The molecule has 38 heavy (non-hydrogen) atoms. The Morgan fingerprint density at radius 1 is 1.03 bits per heavy atom.